The highest BCUT2D eigenvalue weighted by Gasteiger charge is 2.30. The van der Waals surface area contributed by atoms with E-state index >= 15 is 0 Å². The molecule has 24 heavy (non-hydrogen) atoms. The Morgan fingerprint density at radius 3 is 2.50 bits per heavy atom. The molecule has 2 aliphatic rings. The summed E-state index contributed by atoms with van der Waals surface area (Å²) in [5.74, 6) is 1.16. The first kappa shape index (κ1) is 17.2. The molecule has 1 amide bonds. The van der Waals surface area contributed by atoms with Gasteiger partial charge in [0.15, 0.2) is 0 Å². The van der Waals surface area contributed by atoms with Crippen molar-refractivity contribution in [2.45, 2.75) is 25.8 Å². The van der Waals surface area contributed by atoms with Gasteiger partial charge < -0.3 is 15.5 Å². The van der Waals surface area contributed by atoms with Crippen LogP contribution in [0, 0.1) is 5.92 Å². The lowest BCUT2D eigenvalue weighted by molar-refractivity contribution is 0.0500. The van der Waals surface area contributed by atoms with E-state index in [0.717, 1.165) is 52.1 Å². The van der Waals surface area contributed by atoms with E-state index in [1.54, 1.807) is 18.3 Å². The van der Waals surface area contributed by atoms with Crippen molar-refractivity contribution in [2.24, 2.45) is 5.92 Å². The fourth-order valence-electron chi connectivity index (χ4n) is 3.88. The van der Waals surface area contributed by atoms with Gasteiger partial charge in [-0.15, -0.1) is 0 Å². The minimum atomic E-state index is 0.0785. The SMILES string of the molecule is CC(C1CCN(C(=O)c2ccnc(N)c2)CC1)N1CCN(C)CC1. The number of piperazine rings is 1. The van der Waals surface area contributed by atoms with Crippen molar-refractivity contribution in [1.29, 1.82) is 0 Å². The standard InChI is InChI=1S/C18H29N5O/c1-14(22-11-9-21(2)10-12-22)15-4-7-23(8-5-15)18(24)16-3-6-20-17(19)13-16/h3,6,13-15H,4-5,7-12H2,1-2H3,(H2,19,20). The van der Waals surface area contributed by atoms with Crippen LogP contribution < -0.4 is 5.73 Å². The minimum Gasteiger partial charge on any atom is -0.384 e. The zero-order chi connectivity index (χ0) is 17.1. The molecule has 3 rings (SSSR count). The minimum absolute atomic E-state index is 0.0785. The molecule has 2 aliphatic heterocycles. The summed E-state index contributed by atoms with van der Waals surface area (Å²) in [6, 6.07) is 4.02. The van der Waals surface area contributed by atoms with Crippen LogP contribution in [-0.4, -0.2) is 77.9 Å². The summed E-state index contributed by atoms with van der Waals surface area (Å²) in [4.78, 5) is 23.5. The number of rotatable bonds is 3. The predicted molar refractivity (Wildman–Crippen MR) is 95.8 cm³/mol. The van der Waals surface area contributed by atoms with Gasteiger partial charge in [0.2, 0.25) is 0 Å². The van der Waals surface area contributed by atoms with Gasteiger partial charge in [0.05, 0.1) is 0 Å². The molecule has 132 valence electrons. The number of likely N-dealkylation sites (tertiary alicyclic amines) is 1. The number of aromatic nitrogens is 1. The molecule has 0 radical (unpaired) electrons. The number of hydrogen-bond acceptors (Lipinski definition) is 5. The number of nitrogen functional groups attached to an aromatic ring is 1. The summed E-state index contributed by atoms with van der Waals surface area (Å²) >= 11 is 0. The maximum Gasteiger partial charge on any atom is 0.254 e. The smallest absolute Gasteiger partial charge is 0.254 e. The number of amides is 1. The number of carbonyl (C=O) groups is 1. The van der Waals surface area contributed by atoms with Crippen molar-refractivity contribution in [3.05, 3.63) is 23.9 Å². The third kappa shape index (κ3) is 3.87. The number of piperidine rings is 1. The van der Waals surface area contributed by atoms with Crippen molar-refractivity contribution in [2.75, 3.05) is 52.0 Å². The van der Waals surface area contributed by atoms with Crippen LogP contribution in [0.1, 0.15) is 30.1 Å². The Morgan fingerprint density at radius 1 is 1.21 bits per heavy atom. The van der Waals surface area contributed by atoms with Gasteiger partial charge in [-0.3, -0.25) is 9.69 Å². The summed E-state index contributed by atoms with van der Waals surface area (Å²) in [5, 5.41) is 0. The van der Waals surface area contributed by atoms with E-state index in [-0.39, 0.29) is 5.91 Å². The third-order valence-corrected chi connectivity index (χ3v) is 5.65. The quantitative estimate of drug-likeness (QED) is 0.900. The van der Waals surface area contributed by atoms with E-state index in [4.69, 9.17) is 5.73 Å². The molecule has 0 saturated carbocycles. The number of nitrogens with zero attached hydrogens (tertiary/aromatic N) is 4. The third-order valence-electron chi connectivity index (χ3n) is 5.65. The molecule has 1 atom stereocenters. The highest BCUT2D eigenvalue weighted by Crippen LogP contribution is 2.25. The van der Waals surface area contributed by atoms with E-state index in [9.17, 15) is 4.79 Å². The molecule has 1 aromatic rings. The molecular formula is C18H29N5O. The van der Waals surface area contributed by atoms with Gasteiger partial charge in [-0.2, -0.15) is 0 Å². The maximum absolute atomic E-state index is 12.6. The van der Waals surface area contributed by atoms with E-state index in [0.29, 0.717) is 23.3 Å². The van der Waals surface area contributed by atoms with Crippen LogP contribution in [0.5, 0.6) is 0 Å². The van der Waals surface area contributed by atoms with Crippen molar-refractivity contribution < 1.29 is 4.79 Å². The van der Waals surface area contributed by atoms with E-state index in [1.807, 2.05) is 4.90 Å². The molecule has 0 bridgehead atoms. The van der Waals surface area contributed by atoms with Crippen LogP contribution in [-0.2, 0) is 0 Å². The molecule has 2 N–H and O–H groups in total. The normalized spacial score (nSPS) is 22.5. The second-order valence-corrected chi connectivity index (χ2v) is 7.18. The Morgan fingerprint density at radius 2 is 1.88 bits per heavy atom. The average molecular weight is 331 g/mol. The summed E-state index contributed by atoms with van der Waals surface area (Å²) in [5.41, 5.74) is 6.34. The van der Waals surface area contributed by atoms with E-state index < -0.39 is 0 Å². The van der Waals surface area contributed by atoms with Crippen LogP contribution >= 0.6 is 0 Å². The van der Waals surface area contributed by atoms with Gasteiger partial charge in [-0.1, -0.05) is 0 Å². The zero-order valence-electron chi connectivity index (χ0n) is 14.8. The van der Waals surface area contributed by atoms with Crippen LogP contribution in [0.15, 0.2) is 18.3 Å². The topological polar surface area (TPSA) is 65.7 Å². The number of pyridine rings is 1. The molecular weight excluding hydrogens is 302 g/mol. The van der Waals surface area contributed by atoms with E-state index in [2.05, 4.69) is 28.8 Å². The number of likely N-dealkylation sites (N-methyl/N-ethyl adjacent to an activating group) is 1. The molecule has 2 saturated heterocycles. The van der Waals surface area contributed by atoms with Gasteiger partial charge in [0, 0.05) is 57.1 Å². The molecule has 0 aliphatic carbocycles. The molecule has 6 heteroatoms. The zero-order valence-corrected chi connectivity index (χ0v) is 14.8. The van der Waals surface area contributed by atoms with Crippen LogP contribution in [0.2, 0.25) is 0 Å². The highest BCUT2D eigenvalue weighted by atomic mass is 16.2. The number of carbonyl (C=O) groups excluding carboxylic acids is 1. The Balaban J connectivity index is 1.53. The molecule has 2 fully saturated rings. The van der Waals surface area contributed by atoms with Gasteiger partial charge in [0.25, 0.3) is 5.91 Å². The second-order valence-electron chi connectivity index (χ2n) is 7.18. The predicted octanol–water partition coefficient (Wildman–Crippen LogP) is 1.15. The van der Waals surface area contributed by atoms with Crippen LogP contribution in [0.4, 0.5) is 5.82 Å². The Hall–Kier alpha value is -1.66. The van der Waals surface area contributed by atoms with Gasteiger partial charge >= 0.3 is 0 Å². The average Bonchev–Trinajstić information content (AvgIpc) is 2.61. The lowest BCUT2D eigenvalue weighted by Gasteiger charge is -2.42. The number of hydrogen-bond donors (Lipinski definition) is 1. The number of anilines is 1. The van der Waals surface area contributed by atoms with Crippen LogP contribution in [0.3, 0.4) is 0 Å². The molecule has 1 unspecified atom stereocenters. The Kier molecular flexibility index (Phi) is 5.36. The molecule has 1 aromatic heterocycles. The summed E-state index contributed by atoms with van der Waals surface area (Å²) in [7, 11) is 2.19. The summed E-state index contributed by atoms with van der Waals surface area (Å²) < 4.78 is 0. The first-order valence-electron chi connectivity index (χ1n) is 8.98. The first-order valence-corrected chi connectivity index (χ1v) is 8.98. The molecule has 6 nitrogen and oxygen atoms in total. The molecule has 0 spiro atoms. The Labute approximate surface area is 144 Å². The fourth-order valence-corrected chi connectivity index (χ4v) is 3.88. The fraction of sp³-hybridized carbons (Fsp3) is 0.667. The highest BCUT2D eigenvalue weighted by molar-refractivity contribution is 5.94. The van der Waals surface area contributed by atoms with Crippen LogP contribution in [0.25, 0.3) is 0 Å². The van der Waals surface area contributed by atoms with Crippen molar-refractivity contribution in [3.63, 3.8) is 0 Å². The maximum atomic E-state index is 12.6. The second kappa shape index (κ2) is 7.49. The lowest BCUT2D eigenvalue weighted by Crippen LogP contribution is -2.52. The number of nitrogens with two attached hydrogens (primary N) is 1. The first-order chi connectivity index (χ1) is 11.5. The monoisotopic (exact) mass is 331 g/mol. The van der Waals surface area contributed by atoms with Crippen molar-refractivity contribution >= 4 is 11.7 Å². The summed E-state index contributed by atoms with van der Waals surface area (Å²) in [6.45, 7) is 8.67. The Bertz CT molecular complexity index is 562. The van der Waals surface area contributed by atoms with Crippen molar-refractivity contribution in [3.8, 4) is 0 Å². The molecule has 0 aromatic carbocycles. The largest absolute Gasteiger partial charge is 0.384 e. The van der Waals surface area contributed by atoms with Crippen molar-refractivity contribution in [1.82, 2.24) is 19.7 Å². The lowest BCUT2D eigenvalue weighted by atomic mass is 9.89. The molecule has 3 heterocycles. The van der Waals surface area contributed by atoms with Gasteiger partial charge in [0.1, 0.15) is 5.82 Å². The summed E-state index contributed by atoms with van der Waals surface area (Å²) in [6.07, 6.45) is 3.77. The van der Waals surface area contributed by atoms with E-state index in [1.165, 1.54) is 0 Å². The van der Waals surface area contributed by atoms with Gasteiger partial charge in [-0.25, -0.2) is 4.98 Å². The van der Waals surface area contributed by atoms with Gasteiger partial charge in [-0.05, 0) is 44.9 Å².